The molecule has 0 radical (unpaired) electrons. The van der Waals surface area contributed by atoms with E-state index >= 15 is 0 Å². The van der Waals surface area contributed by atoms with Crippen LogP contribution in [0.3, 0.4) is 0 Å². The highest BCUT2D eigenvalue weighted by molar-refractivity contribution is 5.75. The molecule has 1 heterocycles. The number of hydrogen-bond donors (Lipinski definition) is 1. The Balaban J connectivity index is -0.000000430. The number of rotatable bonds is 18. The first-order valence-electron chi connectivity index (χ1n) is 15.2. The van der Waals surface area contributed by atoms with Gasteiger partial charge in [-0.05, 0) is 46.5 Å². The zero-order valence-corrected chi connectivity index (χ0v) is 24.8. The largest absolute Gasteiger partial charge is 0.393 e. The number of carbonyl (C=O) groups excluding carboxylic acids is 1. The Labute approximate surface area is 216 Å². The van der Waals surface area contributed by atoms with Gasteiger partial charge in [0.1, 0.15) is 5.78 Å². The molecule has 1 saturated heterocycles. The van der Waals surface area contributed by atoms with Crippen LogP contribution in [0.15, 0.2) is 0 Å². The van der Waals surface area contributed by atoms with E-state index in [0.717, 1.165) is 25.9 Å². The molecule has 0 aliphatic carbocycles. The molecule has 34 heavy (non-hydrogen) atoms. The van der Waals surface area contributed by atoms with E-state index in [1.165, 1.54) is 109 Å². The molecule has 1 aliphatic heterocycles. The molecule has 0 amide bonds. The SMILES string of the molecule is CC.CC1CCCO1.CCCCCCCCCCC(C)=O.CCCCCCCCCCC(C)O. The molecular formula is C31H66O3. The van der Waals surface area contributed by atoms with E-state index in [1.54, 1.807) is 6.92 Å². The first-order chi connectivity index (χ1) is 16.4. The number of hydrogen-bond acceptors (Lipinski definition) is 3. The lowest BCUT2D eigenvalue weighted by Gasteiger charge is -2.03. The van der Waals surface area contributed by atoms with Crippen molar-refractivity contribution in [1.29, 1.82) is 0 Å². The predicted octanol–water partition coefficient (Wildman–Crippen LogP) is 10.2. The molecule has 2 unspecified atom stereocenters. The lowest BCUT2D eigenvalue weighted by Crippen LogP contribution is -1.98. The van der Waals surface area contributed by atoms with Gasteiger partial charge in [0.25, 0.3) is 0 Å². The summed E-state index contributed by atoms with van der Waals surface area (Å²) in [6.07, 6.45) is 26.0. The van der Waals surface area contributed by atoms with E-state index in [0.29, 0.717) is 11.9 Å². The van der Waals surface area contributed by atoms with Crippen LogP contribution >= 0.6 is 0 Å². The number of Topliss-reactive ketones (excluding diaryl/α,β-unsaturated/α-hetero) is 1. The number of aliphatic hydroxyl groups is 1. The fraction of sp³-hybridized carbons (Fsp3) is 0.968. The van der Waals surface area contributed by atoms with E-state index < -0.39 is 0 Å². The van der Waals surface area contributed by atoms with E-state index in [-0.39, 0.29) is 6.10 Å². The maximum atomic E-state index is 10.6. The van der Waals surface area contributed by atoms with Gasteiger partial charge < -0.3 is 14.6 Å². The fourth-order valence-electron chi connectivity index (χ4n) is 3.82. The van der Waals surface area contributed by atoms with Gasteiger partial charge in [0.05, 0.1) is 12.2 Å². The highest BCUT2D eigenvalue weighted by atomic mass is 16.5. The minimum atomic E-state index is -0.0971. The second-order valence-electron chi connectivity index (χ2n) is 9.86. The van der Waals surface area contributed by atoms with Crippen molar-refractivity contribution < 1.29 is 14.6 Å². The molecule has 2 atom stereocenters. The predicted molar refractivity (Wildman–Crippen MR) is 153 cm³/mol. The Hall–Kier alpha value is -0.410. The average molecular weight is 487 g/mol. The van der Waals surface area contributed by atoms with Gasteiger partial charge in [-0.2, -0.15) is 0 Å². The van der Waals surface area contributed by atoms with Crippen molar-refractivity contribution in [2.75, 3.05) is 6.61 Å². The van der Waals surface area contributed by atoms with Gasteiger partial charge in [-0.25, -0.2) is 0 Å². The van der Waals surface area contributed by atoms with Gasteiger partial charge in [-0.3, -0.25) is 0 Å². The molecular weight excluding hydrogens is 420 g/mol. The lowest BCUT2D eigenvalue weighted by molar-refractivity contribution is -0.117. The van der Waals surface area contributed by atoms with Crippen LogP contribution in [0, 0.1) is 0 Å². The Morgan fingerprint density at radius 1 is 0.794 bits per heavy atom. The summed E-state index contributed by atoms with van der Waals surface area (Å²) in [7, 11) is 0. The third-order valence-electron chi connectivity index (χ3n) is 6.02. The molecule has 3 heteroatoms. The van der Waals surface area contributed by atoms with Gasteiger partial charge in [0, 0.05) is 13.0 Å². The number of unbranched alkanes of at least 4 members (excludes halogenated alkanes) is 14. The van der Waals surface area contributed by atoms with Crippen LogP contribution in [0.25, 0.3) is 0 Å². The maximum Gasteiger partial charge on any atom is 0.129 e. The standard InChI is InChI=1S/C12H26O.C12H24O.C5H10O.C2H6/c2*1-3-4-5-6-7-8-9-10-11-12(2)13;1-5-3-2-4-6-5;1-2/h12-13H,3-11H2,1-2H3;3-11H2,1-2H3;5H,2-4H2,1H3;1-2H3. The molecule has 0 aromatic heterocycles. The summed E-state index contributed by atoms with van der Waals surface area (Å²) in [5, 5.41) is 9.03. The Morgan fingerprint density at radius 3 is 1.50 bits per heavy atom. The highest BCUT2D eigenvalue weighted by Crippen LogP contribution is 2.11. The number of ether oxygens (including phenoxy) is 1. The highest BCUT2D eigenvalue weighted by Gasteiger charge is 2.07. The molecule has 1 fully saturated rings. The summed E-state index contributed by atoms with van der Waals surface area (Å²) in [6, 6.07) is 0. The summed E-state index contributed by atoms with van der Waals surface area (Å²) in [5.41, 5.74) is 0. The van der Waals surface area contributed by atoms with Crippen molar-refractivity contribution in [2.24, 2.45) is 0 Å². The molecule has 1 N–H and O–H groups in total. The molecule has 0 aromatic carbocycles. The maximum absolute atomic E-state index is 10.6. The summed E-state index contributed by atoms with van der Waals surface area (Å²) in [5.74, 6) is 0.339. The summed E-state index contributed by atoms with van der Waals surface area (Å²) in [6.45, 7) is 15.2. The number of aliphatic hydroxyl groups excluding tert-OH is 1. The number of carbonyl (C=O) groups is 1. The van der Waals surface area contributed by atoms with Gasteiger partial charge in [-0.15, -0.1) is 0 Å². The van der Waals surface area contributed by atoms with Crippen LogP contribution in [-0.2, 0) is 9.53 Å². The van der Waals surface area contributed by atoms with Crippen LogP contribution in [0.2, 0.25) is 0 Å². The zero-order valence-electron chi connectivity index (χ0n) is 24.8. The van der Waals surface area contributed by atoms with Crippen molar-refractivity contribution >= 4 is 5.78 Å². The van der Waals surface area contributed by atoms with E-state index in [1.807, 2.05) is 20.8 Å². The first-order valence-corrected chi connectivity index (χ1v) is 15.2. The second kappa shape index (κ2) is 34.8. The smallest absolute Gasteiger partial charge is 0.129 e. The van der Waals surface area contributed by atoms with Crippen molar-refractivity contribution in [3.05, 3.63) is 0 Å². The van der Waals surface area contributed by atoms with Crippen molar-refractivity contribution in [3.8, 4) is 0 Å². The average Bonchev–Trinajstić information content (AvgIpc) is 3.30. The quantitative estimate of drug-likeness (QED) is 0.196. The van der Waals surface area contributed by atoms with Crippen molar-refractivity contribution in [2.45, 2.75) is 189 Å². The minimum absolute atomic E-state index is 0.0971. The Morgan fingerprint density at radius 2 is 1.21 bits per heavy atom. The minimum Gasteiger partial charge on any atom is -0.393 e. The van der Waals surface area contributed by atoms with Gasteiger partial charge in [0.15, 0.2) is 0 Å². The number of ketones is 1. The second-order valence-corrected chi connectivity index (χ2v) is 9.86. The lowest BCUT2D eigenvalue weighted by atomic mass is 10.1. The normalized spacial score (nSPS) is 15.2. The summed E-state index contributed by atoms with van der Waals surface area (Å²) < 4.78 is 5.15. The zero-order chi connectivity index (χ0) is 26.3. The van der Waals surface area contributed by atoms with Crippen LogP contribution < -0.4 is 0 Å². The van der Waals surface area contributed by atoms with Crippen LogP contribution in [-0.4, -0.2) is 29.7 Å². The van der Waals surface area contributed by atoms with Crippen LogP contribution in [0.1, 0.15) is 177 Å². The molecule has 1 aliphatic rings. The topological polar surface area (TPSA) is 46.5 Å². The third kappa shape index (κ3) is 41.8. The Bertz CT molecular complexity index is 349. The monoisotopic (exact) mass is 487 g/mol. The third-order valence-corrected chi connectivity index (χ3v) is 6.02. The fourth-order valence-corrected chi connectivity index (χ4v) is 3.82. The van der Waals surface area contributed by atoms with Gasteiger partial charge >= 0.3 is 0 Å². The molecule has 0 saturated carbocycles. The summed E-state index contributed by atoms with van der Waals surface area (Å²) in [4.78, 5) is 10.6. The van der Waals surface area contributed by atoms with E-state index in [4.69, 9.17) is 9.84 Å². The van der Waals surface area contributed by atoms with Crippen LogP contribution in [0.5, 0.6) is 0 Å². The van der Waals surface area contributed by atoms with E-state index in [9.17, 15) is 4.79 Å². The van der Waals surface area contributed by atoms with Gasteiger partial charge in [0.2, 0.25) is 0 Å². The van der Waals surface area contributed by atoms with Crippen LogP contribution in [0.4, 0.5) is 0 Å². The molecule has 208 valence electrons. The van der Waals surface area contributed by atoms with Crippen molar-refractivity contribution in [3.63, 3.8) is 0 Å². The molecule has 0 bridgehead atoms. The Kier molecular flexibility index (Phi) is 39.0. The molecule has 3 nitrogen and oxygen atoms in total. The van der Waals surface area contributed by atoms with E-state index in [2.05, 4.69) is 20.8 Å². The molecule has 0 aromatic rings. The van der Waals surface area contributed by atoms with Gasteiger partial charge in [-0.1, -0.05) is 124 Å². The first kappa shape index (κ1) is 38.1. The van der Waals surface area contributed by atoms with Crippen molar-refractivity contribution in [1.82, 2.24) is 0 Å². The molecule has 1 rings (SSSR count). The molecule has 0 spiro atoms. The summed E-state index contributed by atoms with van der Waals surface area (Å²) >= 11 is 0.